The number of hydrogen-bond acceptors (Lipinski definition) is 4. The standard InChI is InChI=1S/C21H24N2O4S/c1-14(15-7-10-18(11-8-15)28(2,26)27)22-20(24)12-9-17-13-16-5-3-4-6-19(16)23-21(17)25/h3-8,10-11,14,17H,9,12-13H2,1-2H3,(H,22,24)(H,23,25)/t14-,17-/m0/s1. The van der Waals surface area contributed by atoms with Gasteiger partial charge in [0.25, 0.3) is 0 Å². The van der Waals surface area contributed by atoms with Crippen molar-refractivity contribution in [2.45, 2.75) is 37.1 Å². The van der Waals surface area contributed by atoms with Crippen LogP contribution in [0.15, 0.2) is 53.4 Å². The molecule has 28 heavy (non-hydrogen) atoms. The normalized spacial score (nSPS) is 17.4. The maximum atomic E-state index is 12.3. The first kappa shape index (κ1) is 20.1. The molecule has 0 unspecified atom stereocenters. The summed E-state index contributed by atoms with van der Waals surface area (Å²) in [6.45, 7) is 1.84. The summed E-state index contributed by atoms with van der Waals surface area (Å²) >= 11 is 0. The Balaban J connectivity index is 1.53. The second-order valence-corrected chi connectivity index (χ2v) is 9.23. The van der Waals surface area contributed by atoms with E-state index in [1.54, 1.807) is 12.1 Å². The van der Waals surface area contributed by atoms with Gasteiger partial charge in [-0.1, -0.05) is 30.3 Å². The highest BCUT2D eigenvalue weighted by Crippen LogP contribution is 2.27. The highest BCUT2D eigenvalue weighted by Gasteiger charge is 2.26. The van der Waals surface area contributed by atoms with Crippen LogP contribution in [0.3, 0.4) is 0 Å². The Morgan fingerprint density at radius 3 is 2.54 bits per heavy atom. The third-order valence-corrected chi connectivity index (χ3v) is 6.15. The zero-order chi connectivity index (χ0) is 20.3. The van der Waals surface area contributed by atoms with Crippen molar-refractivity contribution < 1.29 is 18.0 Å². The number of fused-ring (bicyclic) bond motifs is 1. The molecule has 7 heteroatoms. The van der Waals surface area contributed by atoms with Crippen LogP contribution in [0.4, 0.5) is 5.69 Å². The van der Waals surface area contributed by atoms with Gasteiger partial charge in [0.2, 0.25) is 11.8 Å². The molecule has 0 aromatic heterocycles. The number of hydrogen-bond donors (Lipinski definition) is 2. The van der Waals surface area contributed by atoms with Crippen molar-refractivity contribution in [3.8, 4) is 0 Å². The van der Waals surface area contributed by atoms with Crippen LogP contribution in [0.2, 0.25) is 0 Å². The highest BCUT2D eigenvalue weighted by atomic mass is 32.2. The van der Waals surface area contributed by atoms with E-state index in [4.69, 9.17) is 0 Å². The molecule has 0 spiro atoms. The lowest BCUT2D eigenvalue weighted by molar-refractivity contribution is -0.123. The number of sulfone groups is 1. The number of anilines is 1. The maximum Gasteiger partial charge on any atom is 0.227 e. The van der Waals surface area contributed by atoms with E-state index in [1.165, 1.54) is 12.1 Å². The largest absolute Gasteiger partial charge is 0.350 e. The third-order valence-electron chi connectivity index (χ3n) is 5.02. The van der Waals surface area contributed by atoms with Crippen molar-refractivity contribution >= 4 is 27.3 Å². The number of rotatable bonds is 6. The summed E-state index contributed by atoms with van der Waals surface area (Å²) in [5.41, 5.74) is 2.76. The van der Waals surface area contributed by atoms with Crippen molar-refractivity contribution in [3.05, 3.63) is 59.7 Å². The van der Waals surface area contributed by atoms with Crippen LogP contribution in [0.25, 0.3) is 0 Å². The summed E-state index contributed by atoms with van der Waals surface area (Å²) in [6, 6.07) is 13.9. The first-order valence-corrected chi connectivity index (χ1v) is 11.1. The van der Waals surface area contributed by atoms with E-state index in [-0.39, 0.29) is 35.1 Å². The van der Waals surface area contributed by atoms with E-state index in [9.17, 15) is 18.0 Å². The maximum absolute atomic E-state index is 12.3. The van der Waals surface area contributed by atoms with Gasteiger partial charge in [0.05, 0.1) is 10.9 Å². The van der Waals surface area contributed by atoms with Gasteiger partial charge in [-0.25, -0.2) is 8.42 Å². The molecule has 1 aliphatic rings. The van der Waals surface area contributed by atoms with Crippen molar-refractivity contribution in [2.75, 3.05) is 11.6 Å². The van der Waals surface area contributed by atoms with Gasteiger partial charge in [-0.2, -0.15) is 0 Å². The zero-order valence-electron chi connectivity index (χ0n) is 15.9. The van der Waals surface area contributed by atoms with Crippen LogP contribution in [0, 0.1) is 5.92 Å². The van der Waals surface area contributed by atoms with E-state index in [0.29, 0.717) is 12.8 Å². The van der Waals surface area contributed by atoms with Crippen LogP contribution in [0.1, 0.15) is 36.9 Å². The van der Waals surface area contributed by atoms with E-state index < -0.39 is 9.84 Å². The topological polar surface area (TPSA) is 92.3 Å². The molecule has 1 aliphatic heterocycles. The summed E-state index contributed by atoms with van der Waals surface area (Å²) in [7, 11) is -3.24. The molecule has 2 aromatic carbocycles. The Morgan fingerprint density at radius 1 is 1.18 bits per heavy atom. The lowest BCUT2D eigenvalue weighted by Gasteiger charge is -2.24. The minimum absolute atomic E-state index is 0.0455. The van der Waals surface area contributed by atoms with E-state index in [1.807, 2.05) is 31.2 Å². The molecular formula is C21H24N2O4S. The van der Waals surface area contributed by atoms with Crippen molar-refractivity contribution in [1.29, 1.82) is 0 Å². The van der Waals surface area contributed by atoms with Gasteiger partial charge in [0, 0.05) is 24.3 Å². The summed E-state index contributed by atoms with van der Waals surface area (Å²) < 4.78 is 23.1. The van der Waals surface area contributed by atoms with Gasteiger partial charge in [0.1, 0.15) is 0 Å². The fourth-order valence-corrected chi connectivity index (χ4v) is 3.98. The van der Waals surface area contributed by atoms with Gasteiger partial charge in [-0.3, -0.25) is 9.59 Å². The van der Waals surface area contributed by atoms with Gasteiger partial charge in [0.15, 0.2) is 9.84 Å². The average molecular weight is 401 g/mol. The summed E-state index contributed by atoms with van der Waals surface area (Å²) in [6.07, 6.45) is 2.53. The van der Waals surface area contributed by atoms with Crippen LogP contribution < -0.4 is 10.6 Å². The van der Waals surface area contributed by atoms with E-state index in [2.05, 4.69) is 10.6 Å². The van der Waals surface area contributed by atoms with Gasteiger partial charge >= 0.3 is 0 Å². The number of carbonyl (C=O) groups excluding carboxylic acids is 2. The minimum atomic E-state index is -3.24. The molecule has 2 amide bonds. The van der Waals surface area contributed by atoms with Gasteiger partial charge < -0.3 is 10.6 Å². The predicted molar refractivity (Wildman–Crippen MR) is 108 cm³/mol. The van der Waals surface area contributed by atoms with Crippen molar-refractivity contribution in [3.63, 3.8) is 0 Å². The molecule has 0 fully saturated rings. The second kappa shape index (κ2) is 8.14. The summed E-state index contributed by atoms with van der Waals surface area (Å²) in [5.74, 6) is -0.396. The monoisotopic (exact) mass is 400 g/mol. The molecule has 0 aliphatic carbocycles. The number of benzene rings is 2. The average Bonchev–Trinajstić information content (AvgIpc) is 2.65. The molecule has 0 saturated carbocycles. The smallest absolute Gasteiger partial charge is 0.227 e. The van der Waals surface area contributed by atoms with Crippen molar-refractivity contribution in [2.24, 2.45) is 5.92 Å². The molecule has 1 heterocycles. The Kier molecular flexibility index (Phi) is 5.84. The van der Waals surface area contributed by atoms with Crippen LogP contribution in [-0.2, 0) is 25.8 Å². The summed E-state index contributed by atoms with van der Waals surface area (Å²) in [4.78, 5) is 24.8. The molecule has 3 rings (SSSR count). The molecule has 148 valence electrons. The SMILES string of the molecule is C[C@H](NC(=O)CC[C@H]1Cc2ccccc2NC1=O)c1ccc(S(C)(=O)=O)cc1. The molecule has 0 radical (unpaired) electrons. The van der Waals surface area contributed by atoms with Gasteiger partial charge in [-0.05, 0) is 49.1 Å². The fourth-order valence-electron chi connectivity index (χ4n) is 3.35. The quantitative estimate of drug-likeness (QED) is 0.780. The van der Waals surface area contributed by atoms with E-state index in [0.717, 1.165) is 23.1 Å². The molecule has 2 aromatic rings. The number of nitrogens with one attached hydrogen (secondary N) is 2. The lowest BCUT2D eigenvalue weighted by atomic mass is 9.89. The molecule has 2 atom stereocenters. The number of para-hydroxylation sites is 1. The Bertz CT molecular complexity index is 984. The highest BCUT2D eigenvalue weighted by molar-refractivity contribution is 7.90. The lowest BCUT2D eigenvalue weighted by Crippen LogP contribution is -2.32. The van der Waals surface area contributed by atoms with Gasteiger partial charge in [-0.15, -0.1) is 0 Å². The Hall–Kier alpha value is -2.67. The zero-order valence-corrected chi connectivity index (χ0v) is 16.8. The fraction of sp³-hybridized carbons (Fsp3) is 0.333. The van der Waals surface area contributed by atoms with Crippen LogP contribution in [0.5, 0.6) is 0 Å². The Morgan fingerprint density at radius 2 is 1.86 bits per heavy atom. The first-order chi connectivity index (χ1) is 13.2. The first-order valence-electron chi connectivity index (χ1n) is 9.22. The number of carbonyl (C=O) groups is 2. The molecule has 2 N–H and O–H groups in total. The van der Waals surface area contributed by atoms with E-state index >= 15 is 0 Å². The molecular weight excluding hydrogens is 376 g/mol. The minimum Gasteiger partial charge on any atom is -0.350 e. The van der Waals surface area contributed by atoms with Crippen LogP contribution >= 0.6 is 0 Å². The number of amides is 2. The summed E-state index contributed by atoms with van der Waals surface area (Å²) in [5, 5.41) is 5.81. The third kappa shape index (κ3) is 4.78. The molecule has 0 saturated heterocycles. The van der Waals surface area contributed by atoms with Crippen molar-refractivity contribution in [1.82, 2.24) is 5.32 Å². The Labute approximate surface area is 165 Å². The predicted octanol–water partition coefficient (Wildman–Crippen LogP) is 2.86. The molecule has 6 nitrogen and oxygen atoms in total. The van der Waals surface area contributed by atoms with Crippen LogP contribution in [-0.4, -0.2) is 26.5 Å². The molecule has 0 bridgehead atoms. The second-order valence-electron chi connectivity index (χ2n) is 7.22.